The molecule has 2 aliphatic rings. The van der Waals surface area contributed by atoms with Crippen LogP contribution in [0.15, 0.2) is 42.7 Å². The molecule has 0 saturated carbocycles. The van der Waals surface area contributed by atoms with Gasteiger partial charge in [-0.1, -0.05) is 17.7 Å². The minimum atomic E-state index is -0.464. The molecule has 1 fully saturated rings. The van der Waals surface area contributed by atoms with Crippen LogP contribution in [0.1, 0.15) is 20.7 Å². The Morgan fingerprint density at radius 3 is 2.48 bits per heavy atom. The van der Waals surface area contributed by atoms with Crippen LogP contribution >= 0.6 is 11.6 Å². The highest BCUT2D eigenvalue weighted by atomic mass is 35.5. The first-order valence-electron chi connectivity index (χ1n) is 8.63. The smallest absolute Gasteiger partial charge is 0.263 e. The minimum absolute atomic E-state index is 0.233. The van der Waals surface area contributed by atoms with E-state index in [1.807, 2.05) is 24.3 Å². The Morgan fingerprint density at radius 1 is 1.04 bits per heavy atom. The molecule has 0 spiro atoms. The lowest BCUT2D eigenvalue weighted by Gasteiger charge is -2.36. The van der Waals surface area contributed by atoms with Gasteiger partial charge in [0.05, 0.1) is 11.1 Å². The van der Waals surface area contributed by atoms with E-state index in [-0.39, 0.29) is 18.0 Å². The molecule has 8 heteroatoms. The van der Waals surface area contributed by atoms with Crippen molar-refractivity contribution in [2.45, 2.75) is 0 Å². The van der Waals surface area contributed by atoms with E-state index >= 15 is 0 Å². The number of halogens is 1. The number of fused-ring (bicyclic) bond motifs is 1. The largest absolute Gasteiger partial charge is 0.368 e. The lowest BCUT2D eigenvalue weighted by atomic mass is 10.2. The number of carbonyl (C=O) groups excluding carboxylic acids is 3. The second-order valence-electron chi connectivity index (χ2n) is 6.47. The molecule has 3 amide bonds. The predicted molar refractivity (Wildman–Crippen MR) is 99.8 cm³/mol. The topological polar surface area (TPSA) is 73.8 Å². The van der Waals surface area contributed by atoms with E-state index < -0.39 is 11.8 Å². The van der Waals surface area contributed by atoms with E-state index in [2.05, 4.69) is 9.88 Å². The maximum atomic E-state index is 12.6. The molecule has 1 saturated heterocycles. The zero-order valence-electron chi connectivity index (χ0n) is 14.5. The number of nitrogens with zero attached hydrogens (tertiary/aromatic N) is 4. The number of hydrogen-bond donors (Lipinski definition) is 0. The Morgan fingerprint density at radius 2 is 1.78 bits per heavy atom. The molecule has 2 aromatic rings. The molecular formula is C19H17ClN4O3. The van der Waals surface area contributed by atoms with E-state index in [4.69, 9.17) is 11.6 Å². The van der Waals surface area contributed by atoms with Crippen LogP contribution in [0.25, 0.3) is 0 Å². The molecule has 0 aliphatic carbocycles. The molecular weight excluding hydrogens is 368 g/mol. The minimum Gasteiger partial charge on any atom is -0.368 e. The van der Waals surface area contributed by atoms with E-state index in [1.165, 1.54) is 18.5 Å². The quantitative estimate of drug-likeness (QED) is 0.753. The summed E-state index contributed by atoms with van der Waals surface area (Å²) < 4.78 is 0. The molecule has 4 rings (SSSR count). The first-order valence-corrected chi connectivity index (χ1v) is 9.01. The maximum Gasteiger partial charge on any atom is 0.263 e. The highest BCUT2D eigenvalue weighted by Crippen LogP contribution is 2.23. The number of amides is 3. The Kier molecular flexibility index (Phi) is 4.53. The number of rotatable bonds is 3. The van der Waals surface area contributed by atoms with Crippen LogP contribution in [0.5, 0.6) is 0 Å². The first kappa shape index (κ1) is 17.5. The van der Waals surface area contributed by atoms with Crippen LogP contribution in [0.3, 0.4) is 0 Å². The van der Waals surface area contributed by atoms with Crippen molar-refractivity contribution in [1.82, 2.24) is 14.8 Å². The van der Waals surface area contributed by atoms with Crippen molar-refractivity contribution in [1.29, 1.82) is 0 Å². The third kappa shape index (κ3) is 3.26. The summed E-state index contributed by atoms with van der Waals surface area (Å²) in [5.74, 6) is -1.14. The van der Waals surface area contributed by atoms with Crippen LogP contribution in [-0.2, 0) is 4.79 Å². The van der Waals surface area contributed by atoms with Gasteiger partial charge < -0.3 is 9.80 Å². The third-order valence-electron chi connectivity index (χ3n) is 4.87. The molecule has 0 N–H and O–H groups in total. The highest BCUT2D eigenvalue weighted by molar-refractivity contribution is 6.30. The molecule has 0 unspecified atom stereocenters. The Hall–Kier alpha value is -2.93. The van der Waals surface area contributed by atoms with Gasteiger partial charge >= 0.3 is 0 Å². The molecule has 1 aromatic heterocycles. The summed E-state index contributed by atoms with van der Waals surface area (Å²) in [7, 11) is 0. The number of carbonyl (C=O) groups is 3. The number of piperazine rings is 1. The zero-order valence-corrected chi connectivity index (χ0v) is 15.2. The van der Waals surface area contributed by atoms with Gasteiger partial charge in [-0.25, -0.2) is 0 Å². The van der Waals surface area contributed by atoms with Crippen LogP contribution in [0.4, 0.5) is 5.69 Å². The van der Waals surface area contributed by atoms with Crippen LogP contribution in [0.2, 0.25) is 5.02 Å². The van der Waals surface area contributed by atoms with Crippen molar-refractivity contribution >= 4 is 35.0 Å². The Balaban J connectivity index is 1.38. The fourth-order valence-corrected chi connectivity index (χ4v) is 3.58. The first-order chi connectivity index (χ1) is 13.0. The molecule has 27 heavy (non-hydrogen) atoms. The van der Waals surface area contributed by atoms with Crippen molar-refractivity contribution in [2.24, 2.45) is 0 Å². The van der Waals surface area contributed by atoms with Crippen molar-refractivity contribution in [3.05, 3.63) is 58.9 Å². The summed E-state index contributed by atoms with van der Waals surface area (Å²) in [6, 6.07) is 9.10. The van der Waals surface area contributed by atoms with Gasteiger partial charge in [0, 0.05) is 49.3 Å². The van der Waals surface area contributed by atoms with Crippen molar-refractivity contribution < 1.29 is 14.4 Å². The third-order valence-corrected chi connectivity index (χ3v) is 5.11. The standard InChI is InChI=1S/C19H17ClN4O3/c20-13-2-1-3-14(10-13)22-6-8-23(9-7-22)17(25)12-24-18(26)15-4-5-21-11-16(15)19(24)27/h1-5,10-11H,6-9,12H2. The van der Waals surface area contributed by atoms with Gasteiger partial charge in [-0.2, -0.15) is 0 Å². The van der Waals surface area contributed by atoms with Crippen molar-refractivity contribution in [2.75, 3.05) is 37.6 Å². The van der Waals surface area contributed by atoms with Crippen LogP contribution < -0.4 is 4.90 Å². The van der Waals surface area contributed by atoms with E-state index in [1.54, 1.807) is 4.90 Å². The SMILES string of the molecule is O=C(CN1C(=O)c2ccncc2C1=O)N1CCN(c2cccc(Cl)c2)CC1. The number of imide groups is 1. The molecule has 3 heterocycles. The second kappa shape index (κ2) is 7.00. The van der Waals surface area contributed by atoms with Gasteiger partial charge in [-0.15, -0.1) is 0 Å². The van der Waals surface area contributed by atoms with E-state index in [0.29, 0.717) is 36.8 Å². The molecule has 1 aromatic carbocycles. The summed E-state index contributed by atoms with van der Waals surface area (Å²) in [5.41, 5.74) is 1.57. The molecule has 0 radical (unpaired) electrons. The van der Waals surface area contributed by atoms with Gasteiger partial charge in [0.25, 0.3) is 11.8 Å². The molecule has 7 nitrogen and oxygen atoms in total. The fraction of sp³-hybridized carbons (Fsp3) is 0.263. The summed E-state index contributed by atoms with van der Waals surface area (Å²) in [6.07, 6.45) is 2.83. The average Bonchev–Trinajstić information content (AvgIpc) is 2.93. The fourth-order valence-electron chi connectivity index (χ4n) is 3.40. The van der Waals surface area contributed by atoms with Crippen LogP contribution in [0, 0.1) is 0 Å². The number of hydrogen-bond acceptors (Lipinski definition) is 5. The van der Waals surface area contributed by atoms with Gasteiger partial charge in [-0.3, -0.25) is 24.3 Å². The molecule has 0 atom stereocenters. The average molecular weight is 385 g/mol. The lowest BCUT2D eigenvalue weighted by Crippen LogP contribution is -2.51. The predicted octanol–water partition coefficient (Wildman–Crippen LogP) is 1.68. The summed E-state index contributed by atoms with van der Waals surface area (Å²) in [5, 5.41) is 0.672. The summed E-state index contributed by atoms with van der Waals surface area (Å²) >= 11 is 6.04. The summed E-state index contributed by atoms with van der Waals surface area (Å²) in [6.45, 7) is 2.13. The number of benzene rings is 1. The van der Waals surface area contributed by atoms with E-state index in [9.17, 15) is 14.4 Å². The lowest BCUT2D eigenvalue weighted by molar-refractivity contribution is -0.131. The van der Waals surface area contributed by atoms with Crippen molar-refractivity contribution in [3.8, 4) is 0 Å². The van der Waals surface area contributed by atoms with Gasteiger partial charge in [0.15, 0.2) is 0 Å². The van der Waals surface area contributed by atoms with E-state index in [0.717, 1.165) is 10.6 Å². The van der Waals surface area contributed by atoms with Crippen molar-refractivity contribution in [3.63, 3.8) is 0 Å². The molecule has 0 bridgehead atoms. The normalized spacial score (nSPS) is 16.7. The Bertz CT molecular complexity index is 890. The Labute approximate surface area is 161 Å². The zero-order chi connectivity index (χ0) is 19.0. The van der Waals surface area contributed by atoms with Crippen LogP contribution in [-0.4, -0.2) is 65.2 Å². The number of pyridine rings is 1. The maximum absolute atomic E-state index is 12.6. The monoisotopic (exact) mass is 384 g/mol. The molecule has 2 aliphatic heterocycles. The number of anilines is 1. The van der Waals surface area contributed by atoms with Gasteiger partial charge in [0.2, 0.25) is 5.91 Å². The van der Waals surface area contributed by atoms with Gasteiger partial charge in [-0.05, 0) is 24.3 Å². The molecule has 138 valence electrons. The second-order valence-corrected chi connectivity index (χ2v) is 6.90. The summed E-state index contributed by atoms with van der Waals surface area (Å²) in [4.78, 5) is 46.1. The number of aromatic nitrogens is 1. The van der Waals surface area contributed by atoms with Gasteiger partial charge in [0.1, 0.15) is 6.54 Å². The highest BCUT2D eigenvalue weighted by Gasteiger charge is 2.37.